The largest absolute Gasteiger partial charge is 0.341 e. The van der Waals surface area contributed by atoms with Crippen LogP contribution >= 0.6 is 0 Å². The van der Waals surface area contributed by atoms with Crippen molar-refractivity contribution in [3.8, 4) is 11.4 Å². The van der Waals surface area contributed by atoms with Crippen LogP contribution in [0.4, 0.5) is 4.39 Å². The predicted molar refractivity (Wildman–Crippen MR) is 90.9 cm³/mol. The number of benzene rings is 2. The highest BCUT2D eigenvalue weighted by Gasteiger charge is 2.22. The van der Waals surface area contributed by atoms with Gasteiger partial charge in [0.1, 0.15) is 18.2 Å². The van der Waals surface area contributed by atoms with Crippen LogP contribution in [0.2, 0.25) is 0 Å². The van der Waals surface area contributed by atoms with Gasteiger partial charge in [0.05, 0.1) is 16.6 Å². The molecule has 0 aliphatic carbocycles. The smallest absolute Gasteiger partial charge is 0.242 e. The molecule has 4 nitrogen and oxygen atoms in total. The molecule has 1 aliphatic heterocycles. The molecular weight excluding hydrogens is 305 g/mol. The van der Waals surface area contributed by atoms with Crippen molar-refractivity contribution in [3.63, 3.8) is 0 Å². The van der Waals surface area contributed by atoms with Crippen molar-refractivity contribution in [2.75, 3.05) is 13.1 Å². The van der Waals surface area contributed by atoms with Gasteiger partial charge in [0.25, 0.3) is 0 Å². The van der Waals surface area contributed by atoms with Crippen LogP contribution < -0.4 is 0 Å². The fourth-order valence-corrected chi connectivity index (χ4v) is 3.29. The zero-order chi connectivity index (χ0) is 16.5. The van der Waals surface area contributed by atoms with Gasteiger partial charge in [0.15, 0.2) is 0 Å². The average molecular weight is 323 g/mol. The highest BCUT2D eigenvalue weighted by Crippen LogP contribution is 2.27. The summed E-state index contributed by atoms with van der Waals surface area (Å²) in [5.41, 5.74) is 2.04. The van der Waals surface area contributed by atoms with Crippen LogP contribution in [0.3, 0.4) is 0 Å². The number of hydrogen-bond acceptors (Lipinski definition) is 2. The fraction of sp³-hybridized carbons (Fsp3) is 0.263. The summed E-state index contributed by atoms with van der Waals surface area (Å²) < 4.78 is 16.1. The predicted octanol–water partition coefficient (Wildman–Crippen LogP) is 3.46. The molecule has 2 heterocycles. The molecule has 1 saturated heterocycles. The van der Waals surface area contributed by atoms with Crippen LogP contribution in [0.15, 0.2) is 48.5 Å². The van der Waals surface area contributed by atoms with Gasteiger partial charge >= 0.3 is 0 Å². The first-order valence-electron chi connectivity index (χ1n) is 8.22. The van der Waals surface area contributed by atoms with Crippen LogP contribution in [0.1, 0.15) is 12.8 Å². The van der Waals surface area contributed by atoms with Gasteiger partial charge in [0, 0.05) is 13.1 Å². The number of fused-ring (bicyclic) bond motifs is 1. The van der Waals surface area contributed by atoms with Gasteiger partial charge in [0.2, 0.25) is 5.91 Å². The maximum atomic E-state index is 14.3. The molecule has 0 spiro atoms. The van der Waals surface area contributed by atoms with Crippen LogP contribution in [0.25, 0.3) is 22.4 Å². The lowest BCUT2D eigenvalue weighted by Gasteiger charge is -2.17. The summed E-state index contributed by atoms with van der Waals surface area (Å²) in [6.07, 6.45) is 2.10. The molecule has 2 aromatic carbocycles. The van der Waals surface area contributed by atoms with Crippen molar-refractivity contribution in [3.05, 3.63) is 54.3 Å². The molecule has 122 valence electrons. The molecule has 0 bridgehead atoms. The zero-order valence-corrected chi connectivity index (χ0v) is 13.3. The van der Waals surface area contributed by atoms with Crippen LogP contribution in [-0.4, -0.2) is 33.4 Å². The third kappa shape index (κ3) is 2.56. The number of imidazole rings is 1. The van der Waals surface area contributed by atoms with E-state index in [2.05, 4.69) is 4.98 Å². The number of carbonyl (C=O) groups is 1. The van der Waals surface area contributed by atoms with Gasteiger partial charge < -0.3 is 9.47 Å². The molecule has 1 fully saturated rings. The molecule has 0 atom stereocenters. The molecule has 0 N–H and O–H groups in total. The topological polar surface area (TPSA) is 38.1 Å². The summed E-state index contributed by atoms with van der Waals surface area (Å²) in [5.74, 6) is 0.234. The Morgan fingerprint density at radius 3 is 2.54 bits per heavy atom. The minimum absolute atomic E-state index is 0.0632. The van der Waals surface area contributed by atoms with Gasteiger partial charge in [-0.3, -0.25) is 4.79 Å². The summed E-state index contributed by atoms with van der Waals surface area (Å²) in [6, 6.07) is 14.2. The SMILES string of the molecule is O=C(Cn1c(-c2ccccc2F)nc2ccccc21)N1CCCC1. The lowest BCUT2D eigenvalue weighted by molar-refractivity contribution is -0.130. The Morgan fingerprint density at radius 2 is 1.75 bits per heavy atom. The lowest BCUT2D eigenvalue weighted by Crippen LogP contribution is -2.31. The third-order valence-corrected chi connectivity index (χ3v) is 4.52. The Kier molecular flexibility index (Phi) is 3.76. The highest BCUT2D eigenvalue weighted by atomic mass is 19.1. The second-order valence-corrected chi connectivity index (χ2v) is 6.08. The zero-order valence-electron chi connectivity index (χ0n) is 13.3. The number of carbonyl (C=O) groups excluding carboxylic acids is 1. The first kappa shape index (κ1) is 14.9. The maximum Gasteiger partial charge on any atom is 0.242 e. The molecule has 1 aliphatic rings. The van der Waals surface area contributed by atoms with E-state index in [1.165, 1.54) is 6.07 Å². The van der Waals surface area contributed by atoms with E-state index in [0.29, 0.717) is 11.4 Å². The van der Waals surface area contributed by atoms with Crippen molar-refractivity contribution in [2.24, 2.45) is 0 Å². The highest BCUT2D eigenvalue weighted by molar-refractivity contribution is 5.84. The number of halogens is 1. The number of amides is 1. The van der Waals surface area contributed by atoms with Crippen molar-refractivity contribution in [2.45, 2.75) is 19.4 Å². The minimum atomic E-state index is -0.331. The van der Waals surface area contributed by atoms with Crippen molar-refractivity contribution >= 4 is 16.9 Å². The van der Waals surface area contributed by atoms with Crippen LogP contribution in [0, 0.1) is 5.82 Å². The number of aromatic nitrogens is 2. The van der Waals surface area contributed by atoms with Crippen molar-refractivity contribution < 1.29 is 9.18 Å². The summed E-state index contributed by atoms with van der Waals surface area (Å²) >= 11 is 0. The number of rotatable bonds is 3. The summed E-state index contributed by atoms with van der Waals surface area (Å²) in [7, 11) is 0. The molecule has 0 radical (unpaired) electrons. The second kappa shape index (κ2) is 6.07. The minimum Gasteiger partial charge on any atom is -0.341 e. The Balaban J connectivity index is 1.81. The first-order chi connectivity index (χ1) is 11.7. The Labute approximate surface area is 139 Å². The summed E-state index contributed by atoms with van der Waals surface area (Å²) in [5, 5.41) is 0. The van der Waals surface area contributed by atoms with E-state index in [4.69, 9.17) is 0 Å². The monoisotopic (exact) mass is 323 g/mol. The molecule has 4 rings (SSSR count). The third-order valence-electron chi connectivity index (χ3n) is 4.52. The van der Waals surface area contributed by atoms with E-state index in [9.17, 15) is 9.18 Å². The van der Waals surface area contributed by atoms with E-state index in [0.717, 1.165) is 37.0 Å². The van der Waals surface area contributed by atoms with Crippen molar-refractivity contribution in [1.29, 1.82) is 0 Å². The Hall–Kier alpha value is -2.69. The van der Waals surface area contributed by atoms with Gasteiger partial charge in [-0.05, 0) is 37.1 Å². The Morgan fingerprint density at radius 1 is 1.04 bits per heavy atom. The molecule has 24 heavy (non-hydrogen) atoms. The van der Waals surface area contributed by atoms with Gasteiger partial charge in [-0.15, -0.1) is 0 Å². The molecule has 5 heteroatoms. The standard InChI is InChI=1S/C19H18FN3O/c20-15-8-2-1-7-14(15)19-21-16-9-3-4-10-17(16)23(19)13-18(24)22-11-5-6-12-22/h1-4,7-10H,5-6,11-13H2. The quantitative estimate of drug-likeness (QED) is 0.740. The molecule has 1 aromatic heterocycles. The Bertz CT molecular complexity index is 897. The molecular formula is C19H18FN3O. The number of hydrogen-bond donors (Lipinski definition) is 0. The fourth-order valence-electron chi connectivity index (χ4n) is 3.29. The van der Waals surface area contributed by atoms with E-state index in [1.54, 1.807) is 18.2 Å². The van der Waals surface area contributed by atoms with E-state index >= 15 is 0 Å². The number of likely N-dealkylation sites (tertiary alicyclic amines) is 1. The number of para-hydroxylation sites is 2. The summed E-state index contributed by atoms with van der Waals surface area (Å²) in [6.45, 7) is 1.80. The lowest BCUT2D eigenvalue weighted by atomic mass is 10.2. The normalized spacial score (nSPS) is 14.5. The number of nitrogens with zero attached hydrogens (tertiary/aromatic N) is 3. The second-order valence-electron chi connectivity index (χ2n) is 6.08. The molecule has 0 saturated carbocycles. The van der Waals surface area contributed by atoms with Gasteiger partial charge in [-0.2, -0.15) is 0 Å². The van der Waals surface area contributed by atoms with Crippen molar-refractivity contribution in [1.82, 2.24) is 14.5 Å². The van der Waals surface area contributed by atoms with E-state index < -0.39 is 0 Å². The maximum absolute atomic E-state index is 14.3. The van der Waals surface area contributed by atoms with E-state index in [-0.39, 0.29) is 18.3 Å². The summed E-state index contributed by atoms with van der Waals surface area (Å²) in [4.78, 5) is 19.1. The molecule has 3 aromatic rings. The van der Waals surface area contributed by atoms with Crippen LogP contribution in [0.5, 0.6) is 0 Å². The van der Waals surface area contributed by atoms with Gasteiger partial charge in [-0.25, -0.2) is 9.37 Å². The average Bonchev–Trinajstić information content (AvgIpc) is 3.24. The van der Waals surface area contributed by atoms with Gasteiger partial charge in [-0.1, -0.05) is 24.3 Å². The first-order valence-corrected chi connectivity index (χ1v) is 8.22. The molecule has 1 amide bonds. The van der Waals surface area contributed by atoms with Crippen LogP contribution in [-0.2, 0) is 11.3 Å². The molecule has 0 unspecified atom stereocenters. The van der Waals surface area contributed by atoms with E-state index in [1.807, 2.05) is 33.7 Å².